The Bertz CT molecular complexity index is 558. The molecule has 124 valence electrons. The molecule has 0 spiro atoms. The van der Waals surface area contributed by atoms with Crippen molar-refractivity contribution in [1.82, 2.24) is 0 Å². The van der Waals surface area contributed by atoms with Crippen LogP contribution in [0.5, 0.6) is 0 Å². The molecule has 1 nitrogen and oxygen atoms in total. The van der Waals surface area contributed by atoms with Crippen LogP contribution in [0, 0.1) is 34.9 Å². The molecule has 1 aromatic carbocycles. The maximum atomic E-state index is 13.8. The summed E-state index contributed by atoms with van der Waals surface area (Å²) in [6.45, 7) is 2.33. The zero-order valence-electron chi connectivity index (χ0n) is 14.2. The van der Waals surface area contributed by atoms with Gasteiger partial charge in [0.2, 0.25) is 0 Å². The van der Waals surface area contributed by atoms with Crippen LogP contribution in [0.25, 0.3) is 0 Å². The highest BCUT2D eigenvalue weighted by molar-refractivity contribution is 5.34. The van der Waals surface area contributed by atoms with E-state index < -0.39 is 0 Å². The van der Waals surface area contributed by atoms with Crippen LogP contribution in [0.3, 0.4) is 0 Å². The van der Waals surface area contributed by atoms with Gasteiger partial charge in [0.05, 0.1) is 5.56 Å². The van der Waals surface area contributed by atoms with Crippen molar-refractivity contribution in [1.29, 1.82) is 5.26 Å². The van der Waals surface area contributed by atoms with Crippen LogP contribution in [0.4, 0.5) is 4.39 Å². The zero-order valence-corrected chi connectivity index (χ0v) is 14.2. The van der Waals surface area contributed by atoms with Crippen LogP contribution in [0.2, 0.25) is 0 Å². The van der Waals surface area contributed by atoms with Crippen molar-refractivity contribution >= 4 is 0 Å². The van der Waals surface area contributed by atoms with Crippen LogP contribution in [-0.2, 0) is 0 Å². The highest BCUT2D eigenvalue weighted by Gasteiger charge is 2.31. The molecule has 0 unspecified atom stereocenters. The number of rotatable bonds is 3. The molecule has 0 bridgehead atoms. The first-order valence-electron chi connectivity index (χ1n) is 9.40. The number of benzene rings is 1. The average molecular weight is 313 g/mol. The molecule has 2 fully saturated rings. The third-order valence-corrected chi connectivity index (χ3v) is 6.49. The highest BCUT2D eigenvalue weighted by Crippen LogP contribution is 2.44. The van der Waals surface area contributed by atoms with E-state index in [-0.39, 0.29) is 11.4 Å². The lowest BCUT2D eigenvalue weighted by atomic mass is 9.68. The molecule has 2 heteroatoms. The molecule has 0 aromatic heterocycles. The summed E-state index contributed by atoms with van der Waals surface area (Å²) in [5, 5.41) is 8.85. The largest absolute Gasteiger partial charge is 0.206 e. The van der Waals surface area contributed by atoms with Crippen LogP contribution >= 0.6 is 0 Å². The third-order valence-electron chi connectivity index (χ3n) is 6.49. The van der Waals surface area contributed by atoms with Gasteiger partial charge in [-0.3, -0.25) is 0 Å². The molecule has 3 rings (SSSR count). The SMILES string of the molecule is CC[C@H]1CC[C@H]([C@H]2CC[C@H](c3ccc(C#N)c(F)c3)CC2)CC1. The van der Waals surface area contributed by atoms with E-state index in [1.165, 1.54) is 57.8 Å². The van der Waals surface area contributed by atoms with Crippen molar-refractivity contribution in [2.24, 2.45) is 17.8 Å². The molecule has 2 saturated carbocycles. The Morgan fingerprint density at radius 3 is 2.13 bits per heavy atom. The second-order valence-electron chi connectivity index (χ2n) is 7.65. The normalized spacial score (nSPS) is 31.5. The van der Waals surface area contributed by atoms with Gasteiger partial charge in [-0.05, 0) is 79.9 Å². The fourth-order valence-corrected chi connectivity index (χ4v) is 4.87. The van der Waals surface area contributed by atoms with Crippen molar-refractivity contribution in [3.8, 4) is 6.07 Å². The minimum atomic E-state index is -0.356. The quantitative estimate of drug-likeness (QED) is 0.653. The molecule has 2 aliphatic rings. The first-order chi connectivity index (χ1) is 11.2. The standard InChI is InChI=1S/C21H28FN/c1-2-15-3-5-16(6-4-15)17-7-9-18(10-8-17)19-11-12-20(14-23)21(22)13-19/h11-13,15-18H,2-10H2,1H3/t15-,16-,17-,18-. The Morgan fingerprint density at radius 1 is 1.00 bits per heavy atom. The van der Waals surface area contributed by atoms with Gasteiger partial charge in [0.15, 0.2) is 0 Å². The molecule has 0 aliphatic heterocycles. The summed E-state index contributed by atoms with van der Waals surface area (Å²) < 4.78 is 13.8. The first kappa shape index (κ1) is 16.5. The number of nitriles is 1. The molecule has 0 saturated heterocycles. The van der Waals surface area contributed by atoms with Gasteiger partial charge >= 0.3 is 0 Å². The Morgan fingerprint density at radius 2 is 1.61 bits per heavy atom. The first-order valence-corrected chi connectivity index (χ1v) is 9.40. The van der Waals surface area contributed by atoms with Gasteiger partial charge < -0.3 is 0 Å². The minimum absolute atomic E-state index is 0.162. The van der Waals surface area contributed by atoms with E-state index in [9.17, 15) is 4.39 Å². The van der Waals surface area contributed by atoms with Gasteiger partial charge in [-0.2, -0.15) is 5.26 Å². The summed E-state index contributed by atoms with van der Waals surface area (Å²) in [6.07, 6.45) is 12.0. The van der Waals surface area contributed by atoms with Crippen molar-refractivity contribution in [3.05, 3.63) is 35.1 Å². The lowest BCUT2D eigenvalue weighted by Gasteiger charge is -2.38. The van der Waals surface area contributed by atoms with Crippen molar-refractivity contribution < 1.29 is 4.39 Å². The molecule has 0 heterocycles. The van der Waals surface area contributed by atoms with E-state index in [0.717, 1.165) is 23.3 Å². The third kappa shape index (κ3) is 3.77. The highest BCUT2D eigenvalue weighted by atomic mass is 19.1. The van der Waals surface area contributed by atoms with E-state index in [1.807, 2.05) is 12.1 Å². The second kappa shape index (κ2) is 7.47. The lowest BCUT2D eigenvalue weighted by Crippen LogP contribution is -2.25. The lowest BCUT2D eigenvalue weighted by molar-refractivity contribution is 0.158. The molecule has 23 heavy (non-hydrogen) atoms. The summed E-state index contributed by atoms with van der Waals surface area (Å²) in [4.78, 5) is 0. The maximum absolute atomic E-state index is 13.8. The molecule has 0 radical (unpaired) electrons. The Labute approximate surface area is 139 Å². The molecular weight excluding hydrogens is 285 g/mol. The molecule has 1 aromatic rings. The molecule has 0 atom stereocenters. The van der Waals surface area contributed by atoms with Gasteiger partial charge in [-0.1, -0.05) is 32.3 Å². The fraction of sp³-hybridized carbons (Fsp3) is 0.667. The van der Waals surface area contributed by atoms with Crippen LogP contribution in [0.15, 0.2) is 18.2 Å². The Balaban J connectivity index is 1.54. The van der Waals surface area contributed by atoms with E-state index in [2.05, 4.69) is 6.92 Å². The second-order valence-corrected chi connectivity index (χ2v) is 7.65. The molecular formula is C21H28FN. The number of hydrogen-bond acceptors (Lipinski definition) is 1. The van der Waals surface area contributed by atoms with Gasteiger partial charge in [0.25, 0.3) is 0 Å². The summed E-state index contributed by atoms with van der Waals surface area (Å²) in [7, 11) is 0. The van der Waals surface area contributed by atoms with Crippen LogP contribution < -0.4 is 0 Å². The predicted octanol–water partition coefficient (Wildman–Crippen LogP) is 6.19. The topological polar surface area (TPSA) is 23.8 Å². The summed E-state index contributed by atoms with van der Waals surface area (Å²) in [5.74, 6) is 2.94. The van der Waals surface area contributed by atoms with E-state index in [4.69, 9.17) is 5.26 Å². The van der Waals surface area contributed by atoms with E-state index in [1.54, 1.807) is 12.1 Å². The minimum Gasteiger partial charge on any atom is -0.206 e. The van der Waals surface area contributed by atoms with Gasteiger partial charge in [0.1, 0.15) is 11.9 Å². The number of hydrogen-bond donors (Lipinski definition) is 0. The Kier molecular flexibility index (Phi) is 5.36. The van der Waals surface area contributed by atoms with Crippen LogP contribution in [0.1, 0.15) is 81.8 Å². The van der Waals surface area contributed by atoms with Crippen molar-refractivity contribution in [3.63, 3.8) is 0 Å². The molecule has 2 aliphatic carbocycles. The number of halogens is 1. The molecule has 0 N–H and O–H groups in total. The maximum Gasteiger partial charge on any atom is 0.141 e. The summed E-state index contributed by atoms with van der Waals surface area (Å²) in [6, 6.07) is 7.10. The monoisotopic (exact) mass is 313 g/mol. The summed E-state index contributed by atoms with van der Waals surface area (Å²) >= 11 is 0. The average Bonchev–Trinajstić information content (AvgIpc) is 2.62. The Hall–Kier alpha value is -1.36. The van der Waals surface area contributed by atoms with E-state index in [0.29, 0.717) is 5.92 Å². The number of nitrogens with zero attached hydrogens (tertiary/aromatic N) is 1. The van der Waals surface area contributed by atoms with Crippen LogP contribution in [-0.4, -0.2) is 0 Å². The molecule has 0 amide bonds. The fourth-order valence-electron chi connectivity index (χ4n) is 4.87. The summed E-state index contributed by atoms with van der Waals surface area (Å²) in [5.41, 5.74) is 1.25. The smallest absolute Gasteiger partial charge is 0.141 e. The van der Waals surface area contributed by atoms with Gasteiger partial charge in [-0.25, -0.2) is 4.39 Å². The van der Waals surface area contributed by atoms with E-state index >= 15 is 0 Å². The van der Waals surface area contributed by atoms with Gasteiger partial charge in [0, 0.05) is 0 Å². The predicted molar refractivity (Wildman–Crippen MR) is 91.6 cm³/mol. The zero-order chi connectivity index (χ0) is 16.2. The van der Waals surface area contributed by atoms with Gasteiger partial charge in [-0.15, -0.1) is 0 Å². The van der Waals surface area contributed by atoms with Crippen molar-refractivity contribution in [2.75, 3.05) is 0 Å². The van der Waals surface area contributed by atoms with Crippen molar-refractivity contribution in [2.45, 2.75) is 70.6 Å².